The van der Waals surface area contributed by atoms with Gasteiger partial charge in [-0.3, -0.25) is 0 Å². The molecule has 4 heteroatoms. The molecule has 3 aromatic rings. The van der Waals surface area contributed by atoms with Crippen LogP contribution in [0.5, 0.6) is 0 Å². The molecule has 0 aliphatic heterocycles. The SMILES string of the molecule is CC(C)(C)c1nc(-c2ccc(C#Cc3ccc(F)cc3)cc2)no1. The summed E-state index contributed by atoms with van der Waals surface area (Å²) in [5.41, 5.74) is 2.34. The van der Waals surface area contributed by atoms with Gasteiger partial charge in [-0.1, -0.05) is 37.8 Å². The van der Waals surface area contributed by atoms with E-state index in [2.05, 4.69) is 22.0 Å². The Morgan fingerprint density at radius 3 is 1.92 bits per heavy atom. The highest BCUT2D eigenvalue weighted by Gasteiger charge is 2.22. The van der Waals surface area contributed by atoms with E-state index in [1.54, 1.807) is 12.1 Å². The topological polar surface area (TPSA) is 38.9 Å². The Morgan fingerprint density at radius 1 is 0.875 bits per heavy atom. The van der Waals surface area contributed by atoms with Crippen LogP contribution in [0, 0.1) is 17.7 Å². The quantitative estimate of drug-likeness (QED) is 0.616. The monoisotopic (exact) mass is 320 g/mol. The first-order chi connectivity index (χ1) is 11.4. The molecule has 0 N–H and O–H groups in total. The highest BCUT2D eigenvalue weighted by atomic mass is 19.1. The number of hydrogen-bond acceptors (Lipinski definition) is 3. The predicted molar refractivity (Wildman–Crippen MR) is 90.8 cm³/mol. The van der Waals surface area contributed by atoms with Gasteiger partial charge in [-0.25, -0.2) is 4.39 Å². The smallest absolute Gasteiger partial charge is 0.232 e. The van der Waals surface area contributed by atoms with Crippen molar-refractivity contribution in [1.82, 2.24) is 10.1 Å². The van der Waals surface area contributed by atoms with E-state index in [-0.39, 0.29) is 11.2 Å². The minimum atomic E-state index is -0.264. The van der Waals surface area contributed by atoms with Crippen molar-refractivity contribution in [3.63, 3.8) is 0 Å². The van der Waals surface area contributed by atoms with Gasteiger partial charge in [-0.2, -0.15) is 4.98 Å². The molecule has 3 rings (SSSR count). The summed E-state index contributed by atoms with van der Waals surface area (Å²) in [6, 6.07) is 13.7. The summed E-state index contributed by atoms with van der Waals surface area (Å²) in [6.45, 7) is 6.08. The normalized spacial score (nSPS) is 11.0. The molecule has 0 atom stereocenters. The molecule has 0 bridgehead atoms. The molecule has 0 saturated carbocycles. The maximum atomic E-state index is 12.9. The Balaban J connectivity index is 1.79. The third-order valence-corrected chi connectivity index (χ3v) is 3.41. The van der Waals surface area contributed by atoms with Gasteiger partial charge >= 0.3 is 0 Å². The molecule has 1 aromatic heterocycles. The zero-order valence-electron chi connectivity index (χ0n) is 13.8. The van der Waals surface area contributed by atoms with Crippen molar-refractivity contribution in [3.8, 4) is 23.2 Å². The molecule has 0 fully saturated rings. The highest BCUT2D eigenvalue weighted by Crippen LogP contribution is 2.23. The van der Waals surface area contributed by atoms with Crippen LogP contribution in [0.15, 0.2) is 53.1 Å². The second-order valence-electron chi connectivity index (χ2n) is 6.51. The molecule has 0 amide bonds. The van der Waals surface area contributed by atoms with E-state index >= 15 is 0 Å². The third kappa shape index (κ3) is 3.69. The summed E-state index contributed by atoms with van der Waals surface area (Å²) < 4.78 is 18.2. The lowest BCUT2D eigenvalue weighted by Gasteiger charge is -2.10. The average Bonchev–Trinajstić information content (AvgIpc) is 3.05. The maximum Gasteiger partial charge on any atom is 0.232 e. The number of nitrogens with zero attached hydrogens (tertiary/aromatic N) is 2. The van der Waals surface area contributed by atoms with Crippen molar-refractivity contribution in [1.29, 1.82) is 0 Å². The van der Waals surface area contributed by atoms with Crippen molar-refractivity contribution in [2.75, 3.05) is 0 Å². The van der Waals surface area contributed by atoms with Gasteiger partial charge in [-0.05, 0) is 48.5 Å². The predicted octanol–water partition coefficient (Wildman–Crippen LogP) is 4.57. The van der Waals surface area contributed by atoms with Gasteiger partial charge in [-0.15, -0.1) is 0 Å². The molecule has 2 aromatic carbocycles. The Bertz CT molecular complexity index is 892. The van der Waals surface area contributed by atoms with Gasteiger partial charge in [0.25, 0.3) is 0 Å². The van der Waals surface area contributed by atoms with Crippen LogP contribution < -0.4 is 0 Å². The molecule has 1 heterocycles. The van der Waals surface area contributed by atoms with Crippen LogP contribution in [0.3, 0.4) is 0 Å². The van der Waals surface area contributed by atoms with Crippen LogP contribution in [0.25, 0.3) is 11.4 Å². The summed E-state index contributed by atoms with van der Waals surface area (Å²) in [5.74, 6) is 6.97. The second-order valence-corrected chi connectivity index (χ2v) is 6.51. The van der Waals surface area contributed by atoms with E-state index in [1.807, 2.05) is 45.0 Å². The highest BCUT2D eigenvalue weighted by molar-refractivity contribution is 5.56. The molecule has 3 nitrogen and oxygen atoms in total. The molecule has 0 radical (unpaired) electrons. The Kier molecular flexibility index (Phi) is 4.18. The number of rotatable bonds is 1. The number of halogens is 1. The summed E-state index contributed by atoms with van der Waals surface area (Å²) in [6.07, 6.45) is 0. The zero-order chi connectivity index (χ0) is 17.2. The van der Waals surface area contributed by atoms with Gasteiger partial charge in [0.05, 0.1) is 0 Å². The minimum Gasteiger partial charge on any atom is -0.338 e. The van der Waals surface area contributed by atoms with E-state index in [0.717, 1.165) is 16.7 Å². The number of aromatic nitrogens is 2. The zero-order valence-corrected chi connectivity index (χ0v) is 13.8. The molecule has 120 valence electrons. The van der Waals surface area contributed by atoms with Gasteiger partial charge in [0.1, 0.15) is 5.82 Å². The lowest BCUT2D eigenvalue weighted by Crippen LogP contribution is -2.11. The first-order valence-electron chi connectivity index (χ1n) is 7.64. The molecule has 0 spiro atoms. The van der Waals surface area contributed by atoms with E-state index in [4.69, 9.17) is 4.52 Å². The fourth-order valence-corrected chi connectivity index (χ4v) is 2.03. The summed E-state index contributed by atoms with van der Waals surface area (Å²) in [5, 5.41) is 4.03. The van der Waals surface area contributed by atoms with Gasteiger partial charge in [0, 0.05) is 22.1 Å². The molecule has 0 saturated heterocycles. The van der Waals surface area contributed by atoms with Crippen LogP contribution >= 0.6 is 0 Å². The summed E-state index contributed by atoms with van der Waals surface area (Å²) >= 11 is 0. The minimum absolute atomic E-state index is 0.175. The molecule has 24 heavy (non-hydrogen) atoms. The molecule has 0 aliphatic rings. The number of hydrogen-bond donors (Lipinski definition) is 0. The second kappa shape index (κ2) is 6.29. The fourth-order valence-electron chi connectivity index (χ4n) is 2.03. The van der Waals surface area contributed by atoms with Gasteiger partial charge in [0.2, 0.25) is 11.7 Å². The standard InChI is InChI=1S/C20H17FN2O/c1-20(2,3)19-22-18(23-24-19)16-10-6-14(7-11-16)4-5-15-8-12-17(21)13-9-15/h6-13H,1-3H3. The van der Waals surface area contributed by atoms with Crippen LogP contribution in [0.2, 0.25) is 0 Å². The fraction of sp³-hybridized carbons (Fsp3) is 0.200. The first-order valence-corrected chi connectivity index (χ1v) is 7.64. The van der Waals surface area contributed by atoms with Gasteiger partial charge < -0.3 is 4.52 Å². The lowest BCUT2D eigenvalue weighted by molar-refractivity contribution is 0.321. The van der Waals surface area contributed by atoms with Gasteiger partial charge in [0.15, 0.2) is 0 Å². The van der Waals surface area contributed by atoms with E-state index < -0.39 is 0 Å². The van der Waals surface area contributed by atoms with Crippen LogP contribution in [-0.2, 0) is 5.41 Å². The van der Waals surface area contributed by atoms with Crippen LogP contribution in [0.4, 0.5) is 4.39 Å². The number of benzene rings is 2. The molecule has 0 aliphatic carbocycles. The van der Waals surface area contributed by atoms with Crippen LogP contribution in [-0.4, -0.2) is 10.1 Å². The van der Waals surface area contributed by atoms with E-state index in [1.165, 1.54) is 12.1 Å². The lowest BCUT2D eigenvalue weighted by atomic mass is 9.97. The Labute approximate surface area is 140 Å². The third-order valence-electron chi connectivity index (χ3n) is 3.41. The van der Waals surface area contributed by atoms with E-state index in [0.29, 0.717) is 11.7 Å². The van der Waals surface area contributed by atoms with Crippen molar-refractivity contribution >= 4 is 0 Å². The average molecular weight is 320 g/mol. The first kappa shape index (κ1) is 15.9. The van der Waals surface area contributed by atoms with Crippen molar-refractivity contribution < 1.29 is 8.91 Å². The molecular weight excluding hydrogens is 303 g/mol. The molecular formula is C20H17FN2O. The van der Waals surface area contributed by atoms with Crippen molar-refractivity contribution in [3.05, 3.63) is 71.4 Å². The Morgan fingerprint density at radius 2 is 1.42 bits per heavy atom. The summed E-state index contributed by atoms with van der Waals surface area (Å²) in [4.78, 5) is 4.43. The largest absolute Gasteiger partial charge is 0.338 e. The van der Waals surface area contributed by atoms with Crippen molar-refractivity contribution in [2.45, 2.75) is 26.2 Å². The van der Waals surface area contributed by atoms with Crippen LogP contribution in [0.1, 0.15) is 37.8 Å². The molecule has 0 unspecified atom stereocenters. The van der Waals surface area contributed by atoms with E-state index in [9.17, 15) is 4.39 Å². The van der Waals surface area contributed by atoms with Crippen molar-refractivity contribution in [2.24, 2.45) is 0 Å². The Hall–Kier alpha value is -2.93. The summed E-state index contributed by atoms with van der Waals surface area (Å²) in [7, 11) is 0. The maximum absolute atomic E-state index is 12.9.